The smallest absolute Gasteiger partial charge is 0.205 e. The van der Waals surface area contributed by atoms with Crippen LogP contribution in [-0.2, 0) is 5.11 Å². The Morgan fingerprint density at radius 2 is 2.17 bits per heavy atom. The fourth-order valence-corrected chi connectivity index (χ4v) is 1.30. The van der Waals surface area contributed by atoms with Crippen LogP contribution in [0.2, 0.25) is 0 Å². The zero-order chi connectivity index (χ0) is 8.55. The van der Waals surface area contributed by atoms with E-state index in [1.807, 2.05) is 25.1 Å². The van der Waals surface area contributed by atoms with E-state index in [4.69, 9.17) is 0 Å². The first-order valence-corrected chi connectivity index (χ1v) is 3.80. The molecule has 59 valence electrons. The second-order valence-corrected chi connectivity index (χ2v) is 2.84. The normalized spacial score (nSPS) is 10.4. The largest absolute Gasteiger partial charge is 0.288 e. The molecular weight excluding hydrogens is 150 g/mol. The number of rotatable bonds is 0. The van der Waals surface area contributed by atoms with E-state index in [1.54, 1.807) is 12.3 Å². The van der Waals surface area contributed by atoms with Crippen molar-refractivity contribution in [2.45, 2.75) is 6.92 Å². The van der Waals surface area contributed by atoms with E-state index in [0.29, 0.717) is 5.52 Å². The Labute approximate surface area is 70.5 Å². The maximum absolute atomic E-state index is 11.3. The van der Waals surface area contributed by atoms with E-state index in [0.717, 1.165) is 10.9 Å². The number of fused-ring (bicyclic) bond motifs is 1. The number of aryl methyl sites for hydroxylation is 1. The maximum atomic E-state index is 11.3. The van der Waals surface area contributed by atoms with Crippen molar-refractivity contribution in [3.05, 3.63) is 36.0 Å². The average Bonchev–Trinajstić information content (AvgIpc) is 2.04. The summed E-state index contributed by atoms with van der Waals surface area (Å²) in [6, 6.07) is 7.30. The molecule has 2 nitrogen and oxygen atoms in total. The van der Waals surface area contributed by atoms with Crippen LogP contribution in [0.15, 0.2) is 30.5 Å². The van der Waals surface area contributed by atoms with E-state index < -0.39 is 0 Å². The summed E-state index contributed by atoms with van der Waals surface area (Å²) >= 11 is 0. The number of nitrogens with zero attached hydrogens (tertiary/aromatic N) is 1. The molecule has 1 aromatic carbocycles. The van der Waals surface area contributed by atoms with Gasteiger partial charge >= 0.3 is 0 Å². The van der Waals surface area contributed by atoms with Crippen LogP contribution >= 0.6 is 0 Å². The SMILES string of the molecule is Cc1cc([O])c2ncccc2c1. The van der Waals surface area contributed by atoms with Gasteiger partial charge in [0.15, 0.2) is 0 Å². The fraction of sp³-hybridized carbons (Fsp3) is 0.100. The lowest BCUT2D eigenvalue weighted by Crippen LogP contribution is -1.79. The van der Waals surface area contributed by atoms with E-state index in [9.17, 15) is 5.11 Å². The third-order valence-corrected chi connectivity index (χ3v) is 1.81. The molecule has 0 aliphatic heterocycles. The van der Waals surface area contributed by atoms with Gasteiger partial charge in [0.2, 0.25) is 5.75 Å². The van der Waals surface area contributed by atoms with Crippen LogP contribution in [0.1, 0.15) is 5.56 Å². The van der Waals surface area contributed by atoms with Crippen molar-refractivity contribution >= 4 is 10.9 Å². The molecule has 0 aliphatic carbocycles. The topological polar surface area (TPSA) is 32.8 Å². The third-order valence-electron chi connectivity index (χ3n) is 1.81. The molecule has 2 rings (SSSR count). The molecule has 1 heterocycles. The molecule has 0 saturated heterocycles. The Bertz CT molecular complexity index is 423. The lowest BCUT2D eigenvalue weighted by molar-refractivity contribution is 0.359. The molecule has 2 heteroatoms. The highest BCUT2D eigenvalue weighted by molar-refractivity contribution is 5.84. The van der Waals surface area contributed by atoms with Gasteiger partial charge in [-0.25, -0.2) is 0 Å². The summed E-state index contributed by atoms with van der Waals surface area (Å²) < 4.78 is 0. The molecule has 0 fully saturated rings. The van der Waals surface area contributed by atoms with Crippen LogP contribution in [-0.4, -0.2) is 4.98 Å². The van der Waals surface area contributed by atoms with Gasteiger partial charge in [-0.1, -0.05) is 6.07 Å². The number of aromatic nitrogens is 1. The molecule has 0 bridgehead atoms. The quantitative estimate of drug-likeness (QED) is 0.580. The Morgan fingerprint density at radius 1 is 1.33 bits per heavy atom. The first kappa shape index (κ1) is 7.10. The van der Waals surface area contributed by atoms with E-state index in [-0.39, 0.29) is 5.75 Å². The predicted octanol–water partition coefficient (Wildman–Crippen LogP) is 2.69. The van der Waals surface area contributed by atoms with Gasteiger partial charge in [-0.2, -0.15) is 0 Å². The third kappa shape index (κ3) is 1.01. The highest BCUT2D eigenvalue weighted by Gasteiger charge is 2.01. The highest BCUT2D eigenvalue weighted by Crippen LogP contribution is 2.23. The molecule has 0 N–H and O–H groups in total. The van der Waals surface area contributed by atoms with Crippen molar-refractivity contribution in [2.24, 2.45) is 0 Å². The van der Waals surface area contributed by atoms with Gasteiger partial charge in [0.1, 0.15) is 5.52 Å². The van der Waals surface area contributed by atoms with Gasteiger partial charge in [-0.3, -0.25) is 10.1 Å². The van der Waals surface area contributed by atoms with Crippen LogP contribution in [0.25, 0.3) is 10.9 Å². The maximum Gasteiger partial charge on any atom is 0.205 e. The molecular formula is C10H8NO. The Balaban J connectivity index is 2.89. The Hall–Kier alpha value is -1.57. The fourth-order valence-electron chi connectivity index (χ4n) is 1.30. The summed E-state index contributed by atoms with van der Waals surface area (Å²) in [4.78, 5) is 4.01. The molecule has 0 spiro atoms. The summed E-state index contributed by atoms with van der Waals surface area (Å²) in [7, 11) is 0. The van der Waals surface area contributed by atoms with Gasteiger partial charge in [-0.05, 0) is 30.7 Å². The van der Waals surface area contributed by atoms with Gasteiger partial charge in [-0.15, -0.1) is 0 Å². The van der Waals surface area contributed by atoms with E-state index >= 15 is 0 Å². The summed E-state index contributed by atoms with van der Waals surface area (Å²) in [5.74, 6) is 0.00519. The molecule has 0 atom stereocenters. The number of hydrogen-bond acceptors (Lipinski definition) is 1. The van der Waals surface area contributed by atoms with Gasteiger partial charge in [0.25, 0.3) is 0 Å². The number of pyridine rings is 1. The minimum Gasteiger partial charge on any atom is -0.288 e. The van der Waals surface area contributed by atoms with E-state index in [2.05, 4.69) is 4.98 Å². The average molecular weight is 158 g/mol. The number of benzene rings is 1. The van der Waals surface area contributed by atoms with Gasteiger partial charge in [0.05, 0.1) is 0 Å². The summed E-state index contributed by atoms with van der Waals surface area (Å²) in [6.07, 6.45) is 1.64. The van der Waals surface area contributed by atoms with Gasteiger partial charge in [0, 0.05) is 11.6 Å². The van der Waals surface area contributed by atoms with Crippen molar-refractivity contribution in [2.75, 3.05) is 0 Å². The molecule has 0 aliphatic rings. The number of hydrogen-bond donors (Lipinski definition) is 0. The van der Waals surface area contributed by atoms with Crippen LogP contribution in [0.5, 0.6) is 5.75 Å². The molecule has 12 heavy (non-hydrogen) atoms. The minimum absolute atomic E-state index is 0.00519. The van der Waals surface area contributed by atoms with Crippen molar-refractivity contribution in [3.8, 4) is 5.75 Å². The Kier molecular flexibility index (Phi) is 1.47. The lowest BCUT2D eigenvalue weighted by Gasteiger charge is -1.98. The molecule has 1 radical (unpaired) electrons. The zero-order valence-corrected chi connectivity index (χ0v) is 6.74. The Morgan fingerprint density at radius 3 is 3.00 bits per heavy atom. The van der Waals surface area contributed by atoms with Crippen molar-refractivity contribution < 1.29 is 5.11 Å². The molecule has 0 saturated carbocycles. The van der Waals surface area contributed by atoms with Gasteiger partial charge < -0.3 is 0 Å². The summed E-state index contributed by atoms with van der Waals surface area (Å²) in [5, 5.41) is 12.3. The summed E-state index contributed by atoms with van der Waals surface area (Å²) in [6.45, 7) is 1.91. The van der Waals surface area contributed by atoms with Crippen molar-refractivity contribution in [1.82, 2.24) is 4.98 Å². The highest BCUT2D eigenvalue weighted by atomic mass is 16.3. The molecule has 1 aromatic heterocycles. The van der Waals surface area contributed by atoms with Crippen molar-refractivity contribution in [1.29, 1.82) is 0 Å². The zero-order valence-electron chi connectivity index (χ0n) is 6.74. The first-order chi connectivity index (χ1) is 5.77. The standard InChI is InChI=1S/C10H8NO/c1-7-5-8-3-2-4-11-10(8)9(12)6-7/h2-6H,1H3. The van der Waals surface area contributed by atoms with E-state index in [1.165, 1.54) is 0 Å². The summed E-state index contributed by atoms with van der Waals surface area (Å²) in [5.41, 5.74) is 1.55. The molecule has 2 aromatic rings. The predicted molar refractivity (Wildman–Crippen MR) is 46.6 cm³/mol. The van der Waals surface area contributed by atoms with Crippen LogP contribution in [0, 0.1) is 6.92 Å². The lowest BCUT2D eigenvalue weighted by atomic mass is 10.1. The second-order valence-electron chi connectivity index (χ2n) is 2.84. The van der Waals surface area contributed by atoms with Crippen LogP contribution < -0.4 is 0 Å². The first-order valence-electron chi connectivity index (χ1n) is 3.80. The van der Waals surface area contributed by atoms with Crippen LogP contribution in [0.4, 0.5) is 0 Å². The molecule has 0 amide bonds. The minimum atomic E-state index is 0.00519. The van der Waals surface area contributed by atoms with Crippen molar-refractivity contribution in [3.63, 3.8) is 0 Å². The molecule has 0 unspecified atom stereocenters. The second kappa shape index (κ2) is 2.48. The van der Waals surface area contributed by atoms with Crippen LogP contribution in [0.3, 0.4) is 0 Å². The monoisotopic (exact) mass is 158 g/mol.